The maximum Gasteiger partial charge on any atom is 0.193 e. The second kappa shape index (κ2) is 11.4. The first kappa shape index (κ1) is 21.9. The Morgan fingerprint density at radius 3 is 2.66 bits per heavy atom. The predicted octanol–water partition coefficient (Wildman–Crippen LogP) is 1.37. The molecule has 2 unspecified atom stereocenters. The van der Waals surface area contributed by atoms with Crippen LogP contribution in [0, 0.1) is 0 Å². The van der Waals surface area contributed by atoms with E-state index in [2.05, 4.69) is 38.9 Å². The second-order valence-electron chi connectivity index (χ2n) is 7.93. The second-order valence-corrected chi connectivity index (χ2v) is 7.93. The van der Waals surface area contributed by atoms with Gasteiger partial charge in [0.2, 0.25) is 0 Å². The molecule has 1 N–H and O–H groups in total. The van der Waals surface area contributed by atoms with E-state index in [0.717, 1.165) is 77.3 Å². The van der Waals surface area contributed by atoms with Gasteiger partial charge in [0, 0.05) is 64.9 Å². The van der Waals surface area contributed by atoms with Gasteiger partial charge in [-0.05, 0) is 26.0 Å². The van der Waals surface area contributed by atoms with Crippen molar-refractivity contribution in [3.05, 3.63) is 30.3 Å². The molecule has 7 nitrogen and oxygen atoms in total. The Balaban J connectivity index is 1.36. The van der Waals surface area contributed by atoms with E-state index in [1.807, 2.05) is 37.4 Å². The van der Waals surface area contributed by atoms with Crippen LogP contribution in [0.5, 0.6) is 5.75 Å². The van der Waals surface area contributed by atoms with E-state index in [0.29, 0.717) is 12.1 Å². The van der Waals surface area contributed by atoms with Crippen molar-refractivity contribution < 1.29 is 9.47 Å². The Kier molecular flexibility index (Phi) is 8.58. The quantitative estimate of drug-likeness (QED) is 0.548. The highest BCUT2D eigenvalue weighted by Gasteiger charge is 2.25. The zero-order valence-electron chi connectivity index (χ0n) is 18.2. The highest BCUT2D eigenvalue weighted by Crippen LogP contribution is 2.11. The molecule has 0 spiro atoms. The largest absolute Gasteiger partial charge is 0.492 e. The molecule has 0 aromatic heterocycles. The number of nitrogens with zero attached hydrogens (tertiary/aromatic N) is 4. The fourth-order valence-electron chi connectivity index (χ4n) is 4.08. The Labute approximate surface area is 175 Å². The van der Waals surface area contributed by atoms with Crippen LogP contribution < -0.4 is 10.1 Å². The summed E-state index contributed by atoms with van der Waals surface area (Å²) in [6.07, 6.45) is 0. The van der Waals surface area contributed by atoms with Crippen molar-refractivity contribution in [2.45, 2.75) is 25.9 Å². The van der Waals surface area contributed by atoms with E-state index in [4.69, 9.17) is 9.47 Å². The van der Waals surface area contributed by atoms with Crippen LogP contribution in [0.25, 0.3) is 0 Å². The topological polar surface area (TPSA) is 52.6 Å². The number of morpholine rings is 1. The van der Waals surface area contributed by atoms with Crippen LogP contribution in [0.3, 0.4) is 0 Å². The first-order valence-electron chi connectivity index (χ1n) is 10.9. The van der Waals surface area contributed by atoms with Crippen molar-refractivity contribution in [1.82, 2.24) is 20.0 Å². The minimum atomic E-state index is 0.460. The standard InChI is InChI=1S/C22H37N5O2/c1-19(27-14-15-28-18-20(27)2)17-24-22(23-3)26-11-9-25(10-12-26)13-16-29-21-7-5-4-6-8-21/h4-8,19-20H,9-18H2,1-3H3,(H,23,24). The number of aliphatic imine (C=N–C) groups is 1. The smallest absolute Gasteiger partial charge is 0.193 e. The lowest BCUT2D eigenvalue weighted by Crippen LogP contribution is -2.56. The fourth-order valence-corrected chi connectivity index (χ4v) is 4.08. The van der Waals surface area contributed by atoms with E-state index in [1.165, 1.54) is 0 Å². The molecule has 2 aliphatic rings. The average molecular weight is 404 g/mol. The van der Waals surface area contributed by atoms with Crippen molar-refractivity contribution in [3.63, 3.8) is 0 Å². The lowest BCUT2D eigenvalue weighted by molar-refractivity contribution is -0.0175. The van der Waals surface area contributed by atoms with Gasteiger partial charge < -0.3 is 19.7 Å². The van der Waals surface area contributed by atoms with Crippen molar-refractivity contribution in [3.8, 4) is 5.75 Å². The first-order chi connectivity index (χ1) is 14.2. The van der Waals surface area contributed by atoms with Crippen molar-refractivity contribution in [2.75, 3.05) is 72.7 Å². The molecule has 2 heterocycles. The number of rotatable bonds is 7. The number of benzene rings is 1. The number of hydrogen-bond acceptors (Lipinski definition) is 5. The van der Waals surface area contributed by atoms with Crippen molar-refractivity contribution in [2.24, 2.45) is 4.99 Å². The van der Waals surface area contributed by atoms with E-state index < -0.39 is 0 Å². The average Bonchev–Trinajstić information content (AvgIpc) is 2.76. The molecule has 2 atom stereocenters. The monoisotopic (exact) mass is 403 g/mol. The lowest BCUT2D eigenvalue weighted by atomic mass is 10.2. The molecule has 2 fully saturated rings. The molecule has 162 valence electrons. The summed E-state index contributed by atoms with van der Waals surface area (Å²) in [5.41, 5.74) is 0. The summed E-state index contributed by atoms with van der Waals surface area (Å²) >= 11 is 0. The molecule has 2 saturated heterocycles. The molecule has 0 saturated carbocycles. The number of hydrogen-bond donors (Lipinski definition) is 1. The third-order valence-electron chi connectivity index (χ3n) is 5.84. The normalized spacial score (nSPS) is 23.1. The Hall–Kier alpha value is -1.83. The van der Waals surface area contributed by atoms with Gasteiger partial charge in [0.05, 0.1) is 13.2 Å². The van der Waals surface area contributed by atoms with Crippen LogP contribution in [-0.2, 0) is 4.74 Å². The summed E-state index contributed by atoms with van der Waals surface area (Å²) in [4.78, 5) is 11.9. The zero-order chi connectivity index (χ0) is 20.5. The number of guanidine groups is 1. The molecule has 3 rings (SSSR count). The minimum Gasteiger partial charge on any atom is -0.492 e. The van der Waals surface area contributed by atoms with Gasteiger partial charge in [0.1, 0.15) is 12.4 Å². The van der Waals surface area contributed by atoms with Gasteiger partial charge in [-0.25, -0.2) is 0 Å². The van der Waals surface area contributed by atoms with Gasteiger partial charge >= 0.3 is 0 Å². The van der Waals surface area contributed by atoms with E-state index >= 15 is 0 Å². The summed E-state index contributed by atoms with van der Waals surface area (Å²) < 4.78 is 11.4. The van der Waals surface area contributed by atoms with Crippen LogP contribution >= 0.6 is 0 Å². The number of ether oxygens (including phenoxy) is 2. The summed E-state index contributed by atoms with van der Waals surface area (Å²) in [5, 5.41) is 3.59. The highest BCUT2D eigenvalue weighted by atomic mass is 16.5. The molecule has 1 aromatic rings. The van der Waals surface area contributed by atoms with Crippen molar-refractivity contribution in [1.29, 1.82) is 0 Å². The van der Waals surface area contributed by atoms with Gasteiger partial charge in [-0.2, -0.15) is 0 Å². The summed E-state index contributed by atoms with van der Waals surface area (Å²) in [6, 6.07) is 11.0. The molecule has 7 heteroatoms. The van der Waals surface area contributed by atoms with E-state index in [-0.39, 0.29) is 0 Å². The molecular formula is C22H37N5O2. The molecule has 0 amide bonds. The number of nitrogens with one attached hydrogen (secondary N) is 1. The molecule has 2 aliphatic heterocycles. The van der Waals surface area contributed by atoms with Gasteiger partial charge in [-0.15, -0.1) is 0 Å². The zero-order valence-corrected chi connectivity index (χ0v) is 18.2. The van der Waals surface area contributed by atoms with Crippen LogP contribution in [0.15, 0.2) is 35.3 Å². The minimum absolute atomic E-state index is 0.460. The van der Waals surface area contributed by atoms with Gasteiger partial charge in [0.25, 0.3) is 0 Å². The molecule has 0 bridgehead atoms. The first-order valence-corrected chi connectivity index (χ1v) is 10.9. The van der Waals surface area contributed by atoms with E-state index in [9.17, 15) is 0 Å². The maximum absolute atomic E-state index is 5.83. The Morgan fingerprint density at radius 1 is 1.21 bits per heavy atom. The summed E-state index contributed by atoms with van der Waals surface area (Å²) in [6.45, 7) is 13.8. The molecule has 1 aromatic carbocycles. The van der Waals surface area contributed by atoms with E-state index in [1.54, 1.807) is 0 Å². The van der Waals surface area contributed by atoms with Gasteiger partial charge in [-0.3, -0.25) is 14.8 Å². The van der Waals surface area contributed by atoms with Crippen molar-refractivity contribution >= 4 is 5.96 Å². The van der Waals surface area contributed by atoms with Crippen LogP contribution in [0.4, 0.5) is 0 Å². The van der Waals surface area contributed by atoms with Gasteiger partial charge in [0.15, 0.2) is 5.96 Å². The summed E-state index contributed by atoms with van der Waals surface area (Å²) in [5.74, 6) is 1.96. The molecule has 0 aliphatic carbocycles. The van der Waals surface area contributed by atoms with Gasteiger partial charge in [-0.1, -0.05) is 18.2 Å². The maximum atomic E-state index is 5.83. The third-order valence-corrected chi connectivity index (χ3v) is 5.84. The Bertz CT molecular complexity index is 619. The lowest BCUT2D eigenvalue weighted by Gasteiger charge is -2.39. The van der Waals surface area contributed by atoms with Crippen LogP contribution in [0.2, 0.25) is 0 Å². The fraction of sp³-hybridized carbons (Fsp3) is 0.682. The van der Waals surface area contributed by atoms with Crippen LogP contribution in [0.1, 0.15) is 13.8 Å². The highest BCUT2D eigenvalue weighted by molar-refractivity contribution is 5.80. The summed E-state index contributed by atoms with van der Waals surface area (Å²) in [7, 11) is 1.88. The number of para-hydroxylation sites is 1. The molecule has 29 heavy (non-hydrogen) atoms. The SMILES string of the molecule is CN=C(NCC(C)N1CCOCC1C)N1CCN(CCOc2ccccc2)CC1. The third kappa shape index (κ3) is 6.59. The molecular weight excluding hydrogens is 366 g/mol. The van der Waals surface area contributed by atoms with Crippen LogP contribution in [-0.4, -0.2) is 105 Å². The predicted molar refractivity (Wildman–Crippen MR) is 118 cm³/mol. The Morgan fingerprint density at radius 2 is 1.97 bits per heavy atom. The molecule has 0 radical (unpaired) electrons. The number of piperazine rings is 1.